The molecule has 0 aromatic heterocycles. The minimum Gasteiger partial charge on any atom is -0.508 e. The molecule has 43 heteroatoms. The smallest absolute Gasteiger partial charge is 0.326 e. The normalized spacial score (nSPS) is 15.3. The number of hydrogen-bond donors (Lipinski definition) is 25. The SMILES string of the molecule is CCCCCCCCCCCCCCCCN1CCN(CC(=O)N[C@@H](CCC(N)=O)C(=O)N[C@@H](CO)C(=O)N[C@@H](CCCNC(=N)N)C(=O)NCC(=O)N[C@@H](Cc2ccc(O)cc2)C(=O)N[C@@H](Cc2ccc3ccccc3c2)C(=O)N[C@@H](CC(C)C)C(=O)N[C@@H](Cc2ccccc2)C(=O)N[C@@H](CCCNC(=N)N)C(=O)N2CCC[C@H]2C(=O)N[C@@H](CCCNC(=N)N)C(=O)N[C@@H](CC(N)=O)C(=O)O)CC1. The number of carboxylic acid groups (broad SMARTS) is 1. The lowest BCUT2D eigenvalue weighted by molar-refractivity contribution is -0.144. The van der Waals surface area contributed by atoms with Gasteiger partial charge in [-0.25, -0.2) is 4.79 Å². The van der Waals surface area contributed by atoms with Crippen LogP contribution in [-0.2, 0) is 91.2 Å². The van der Waals surface area contributed by atoms with E-state index in [9.17, 15) is 63.3 Å². The van der Waals surface area contributed by atoms with Gasteiger partial charge in [0.25, 0.3) is 0 Å². The maximum atomic E-state index is 15.4. The number of hydrogen-bond acceptors (Lipinski definition) is 22. The number of carboxylic acids is 1. The molecule has 139 heavy (non-hydrogen) atoms. The number of likely N-dealkylation sites (tertiary alicyclic amines) is 1. The fourth-order valence-corrected chi connectivity index (χ4v) is 16.5. The Kier molecular flexibility index (Phi) is 51.4. The third-order valence-electron chi connectivity index (χ3n) is 24.1. The number of fused-ring (bicyclic) bond motifs is 1. The van der Waals surface area contributed by atoms with Gasteiger partial charge >= 0.3 is 5.97 Å². The lowest BCUT2D eigenvalue weighted by atomic mass is 9.98. The van der Waals surface area contributed by atoms with Crippen molar-refractivity contribution >= 4 is 117 Å². The van der Waals surface area contributed by atoms with Crippen molar-refractivity contribution < 1.29 is 87.2 Å². The fraction of sp³-hybridized carbons (Fsp3) is 0.583. The fourth-order valence-electron chi connectivity index (χ4n) is 16.5. The van der Waals surface area contributed by atoms with Gasteiger partial charge in [0, 0.05) is 78.0 Å². The Labute approximate surface area is 812 Å². The molecule has 4 aromatic carbocycles. The maximum Gasteiger partial charge on any atom is 0.326 e. The van der Waals surface area contributed by atoms with Crippen molar-refractivity contribution in [2.75, 3.05) is 78.6 Å². The van der Waals surface area contributed by atoms with Crippen LogP contribution in [0.1, 0.15) is 204 Å². The van der Waals surface area contributed by atoms with Crippen molar-refractivity contribution in [3.8, 4) is 5.75 Å². The molecule has 0 unspecified atom stereocenters. The van der Waals surface area contributed by atoms with Crippen LogP contribution in [0.4, 0.5) is 0 Å². The second kappa shape index (κ2) is 62.5. The number of aliphatic carboxylic acids is 1. The van der Waals surface area contributed by atoms with Crippen molar-refractivity contribution in [1.29, 1.82) is 16.2 Å². The number of aromatic hydroxyl groups is 1. The molecule has 0 radical (unpaired) electrons. The van der Waals surface area contributed by atoms with Gasteiger partial charge < -0.3 is 128 Å². The van der Waals surface area contributed by atoms with E-state index < -0.39 is 193 Å². The van der Waals surface area contributed by atoms with Crippen LogP contribution in [0, 0.1) is 22.1 Å². The Morgan fingerprint density at radius 2 is 0.835 bits per heavy atom. The van der Waals surface area contributed by atoms with Crippen molar-refractivity contribution in [1.82, 2.24) is 89.1 Å². The lowest BCUT2D eigenvalue weighted by Crippen LogP contribution is -2.61. The topological polar surface area (TPSA) is 697 Å². The number of nitrogens with zero attached hydrogens (tertiary/aromatic N) is 3. The monoisotopic (exact) mass is 1940 g/mol. The second-order valence-corrected chi connectivity index (χ2v) is 36.1. The van der Waals surface area contributed by atoms with Crippen LogP contribution in [0.25, 0.3) is 10.8 Å². The first-order valence-corrected chi connectivity index (χ1v) is 48.5. The first kappa shape index (κ1) is 114. The van der Waals surface area contributed by atoms with Gasteiger partial charge in [0.05, 0.1) is 26.1 Å². The number of primary amides is 2. The summed E-state index contributed by atoms with van der Waals surface area (Å²) in [6, 6.07) is 9.90. The summed E-state index contributed by atoms with van der Waals surface area (Å²) < 4.78 is 0. The Balaban J connectivity index is 1.19. The molecule has 2 saturated heterocycles. The molecule has 2 aliphatic rings. The molecule has 11 atom stereocenters. The average Bonchev–Trinajstić information content (AvgIpc) is 1.81. The molecular formula is C96H149N25O18. The molecule has 0 bridgehead atoms. The van der Waals surface area contributed by atoms with Crippen molar-refractivity contribution in [2.45, 2.75) is 273 Å². The number of carbonyl (C=O) groups excluding carboxylic acids is 14. The average molecular weight is 1940 g/mol. The summed E-state index contributed by atoms with van der Waals surface area (Å²) in [5.74, 6) is -16.0. The Bertz CT molecular complexity index is 4680. The van der Waals surface area contributed by atoms with Gasteiger partial charge in [0.2, 0.25) is 82.7 Å². The molecule has 2 fully saturated rings. The Morgan fingerprint density at radius 1 is 0.410 bits per heavy atom. The molecule has 14 amide bonds. The minimum atomic E-state index is -1.78. The van der Waals surface area contributed by atoms with Gasteiger partial charge in [-0.1, -0.05) is 189 Å². The van der Waals surface area contributed by atoms with E-state index in [2.05, 4.69) is 86.3 Å². The molecular weight excluding hydrogens is 1790 g/mol. The molecule has 4 aromatic rings. The van der Waals surface area contributed by atoms with E-state index in [0.717, 1.165) is 43.2 Å². The van der Waals surface area contributed by atoms with E-state index >= 15 is 24.0 Å². The van der Waals surface area contributed by atoms with E-state index in [4.69, 9.17) is 44.9 Å². The van der Waals surface area contributed by atoms with Gasteiger partial charge in [0.15, 0.2) is 17.9 Å². The van der Waals surface area contributed by atoms with E-state index in [-0.39, 0.29) is 134 Å². The number of phenolic OH excluding ortho intramolecular Hbond substituents is 1. The van der Waals surface area contributed by atoms with Crippen LogP contribution in [0.3, 0.4) is 0 Å². The first-order chi connectivity index (χ1) is 66.5. The molecule has 2 heterocycles. The highest BCUT2D eigenvalue weighted by Gasteiger charge is 2.42. The summed E-state index contributed by atoms with van der Waals surface area (Å²) in [5.41, 5.74) is 28.8. The Hall–Kier alpha value is -13.3. The molecule has 766 valence electrons. The lowest BCUT2D eigenvalue weighted by Gasteiger charge is -2.34. The molecule has 30 N–H and O–H groups in total. The van der Waals surface area contributed by atoms with Crippen molar-refractivity contribution in [2.24, 2.45) is 34.6 Å². The summed E-state index contributed by atoms with van der Waals surface area (Å²) >= 11 is 0. The van der Waals surface area contributed by atoms with Gasteiger partial charge in [-0.3, -0.25) is 88.3 Å². The van der Waals surface area contributed by atoms with Crippen molar-refractivity contribution in [3.63, 3.8) is 0 Å². The van der Waals surface area contributed by atoms with Gasteiger partial charge in [-0.05, 0) is 123 Å². The standard InChI is InChI=1S/C96H149N25O18/c1-4-5-6-7-8-9-10-11-12-13-14-15-16-22-46-119-48-50-120(51-49-119)59-82(127)109-70(41-42-79(97)124)85(130)118-77(60-122)90(135)111-68(31-23-43-105-94(99)100)83(128)108-58-81(126)110-73(55-63-36-39-67(123)40-37-63)87(132)116-75(56-64-35-38-65-29-20-21-30-66(65)53-64)89(134)114-72(52-61(2)3)86(131)115-74(54-62-27-18-17-19-28-62)88(133)113-71(33-25-45-107-96(103)104)92(137)121-47-26-34-78(121)91(136)112-69(32-24-44-106-95(101)102)84(129)117-76(93(138)139)57-80(98)125/h17-21,27-30,35-40,53,61,68-78,122-123H,4-16,22-26,31-34,41-52,54-60H2,1-3H3,(H2,97,124)(H2,98,125)(H,108,128)(H,109,127)(H,110,126)(H,111,135)(H,112,136)(H,113,133)(H,114,134)(H,115,131)(H,116,132)(H,117,129)(H,118,130)(H,138,139)(H4,99,100,105)(H4,101,102,106)(H4,103,104,107)/t68-,69-,70-,71-,72-,73-,74-,75-,76-,77-,78-/m0/s1. The number of nitrogens with one attached hydrogen (secondary N) is 17. The Morgan fingerprint density at radius 3 is 1.36 bits per heavy atom. The summed E-state index contributed by atoms with van der Waals surface area (Å²) in [6.45, 7) is 7.46. The predicted molar refractivity (Wildman–Crippen MR) is 524 cm³/mol. The number of unbranched alkanes of at least 4 members (excludes halogenated alkanes) is 13. The van der Waals surface area contributed by atoms with Crippen LogP contribution < -0.4 is 103 Å². The molecule has 2 aliphatic heterocycles. The third-order valence-corrected chi connectivity index (χ3v) is 24.1. The highest BCUT2D eigenvalue weighted by Crippen LogP contribution is 2.24. The molecule has 6 rings (SSSR count). The van der Waals surface area contributed by atoms with Gasteiger partial charge in [-0.2, -0.15) is 0 Å². The number of phenols is 1. The number of nitrogens with two attached hydrogens (primary N) is 5. The maximum absolute atomic E-state index is 15.4. The highest BCUT2D eigenvalue weighted by atomic mass is 16.4. The molecule has 0 spiro atoms. The zero-order chi connectivity index (χ0) is 102. The first-order valence-electron chi connectivity index (χ1n) is 48.5. The summed E-state index contributed by atoms with van der Waals surface area (Å²) in [5, 5.41) is 92.0. The largest absolute Gasteiger partial charge is 0.508 e. The zero-order valence-electron chi connectivity index (χ0n) is 80.4. The van der Waals surface area contributed by atoms with E-state index in [1.807, 2.05) is 23.1 Å². The minimum absolute atomic E-state index is 0.0106. The number of aliphatic hydroxyl groups is 1. The number of carbonyl (C=O) groups is 15. The summed E-state index contributed by atoms with van der Waals surface area (Å²) in [6.07, 6.45) is 15.6. The van der Waals surface area contributed by atoms with Crippen molar-refractivity contribution in [3.05, 3.63) is 114 Å². The zero-order valence-corrected chi connectivity index (χ0v) is 80.4. The van der Waals surface area contributed by atoms with Gasteiger partial charge in [0.1, 0.15) is 72.2 Å². The summed E-state index contributed by atoms with van der Waals surface area (Å²) in [4.78, 5) is 217. The van der Waals surface area contributed by atoms with Gasteiger partial charge in [-0.15, -0.1) is 0 Å². The van der Waals surface area contributed by atoms with Crippen LogP contribution in [0.15, 0.2) is 97.1 Å². The number of amides is 14. The number of rotatable bonds is 66. The van der Waals surface area contributed by atoms with Crippen LogP contribution >= 0.6 is 0 Å². The van der Waals surface area contributed by atoms with Crippen LogP contribution in [0.2, 0.25) is 0 Å². The van der Waals surface area contributed by atoms with E-state index in [0.29, 0.717) is 29.8 Å². The number of aliphatic hydroxyl groups excluding tert-OH is 1. The summed E-state index contributed by atoms with van der Waals surface area (Å²) in [7, 11) is 0. The van der Waals surface area contributed by atoms with Crippen LogP contribution in [0.5, 0.6) is 5.75 Å². The third kappa shape index (κ3) is 44.4. The molecule has 0 saturated carbocycles. The highest BCUT2D eigenvalue weighted by molar-refractivity contribution is 6.00. The number of guanidine groups is 3. The van der Waals surface area contributed by atoms with E-state index in [1.165, 1.54) is 106 Å². The van der Waals surface area contributed by atoms with Crippen LogP contribution in [-0.4, -0.2) is 282 Å². The predicted octanol–water partition coefficient (Wildman–Crippen LogP) is -0.319. The molecule has 43 nitrogen and oxygen atoms in total. The van der Waals surface area contributed by atoms with E-state index in [1.54, 1.807) is 68.4 Å². The molecule has 0 aliphatic carbocycles. The quantitative estimate of drug-likeness (QED) is 0.0153. The second-order valence-electron chi connectivity index (χ2n) is 36.1. The number of piperazine rings is 1. The number of benzene rings is 4.